The number of unbranched alkanes of at least 4 members (excludes halogenated alkanes) is 2. The number of aliphatic carboxylic acids is 1. The quantitative estimate of drug-likeness (QED) is 0.321. The third-order valence-corrected chi connectivity index (χ3v) is 4.59. The molecule has 0 saturated carbocycles. The van der Waals surface area contributed by atoms with Crippen molar-refractivity contribution in [1.29, 1.82) is 0 Å². The summed E-state index contributed by atoms with van der Waals surface area (Å²) in [7, 11) is 0. The van der Waals surface area contributed by atoms with Crippen LogP contribution in [-0.2, 0) is 19.0 Å². The van der Waals surface area contributed by atoms with Crippen LogP contribution in [0.25, 0.3) is 0 Å². The normalized spacial score (nSPS) is 38.8. The summed E-state index contributed by atoms with van der Waals surface area (Å²) in [6.45, 7) is 3.23. The Hall–Kier alpha value is -0.810. The van der Waals surface area contributed by atoms with Gasteiger partial charge in [0.25, 0.3) is 0 Å². The Balaban J connectivity index is 1.72. The number of carbonyl (C=O) groups is 1. The fourth-order valence-electron chi connectivity index (χ4n) is 3.02. The van der Waals surface area contributed by atoms with Crippen LogP contribution in [0.15, 0.2) is 0 Å². The third kappa shape index (κ3) is 5.85. The van der Waals surface area contributed by atoms with Crippen molar-refractivity contribution in [3.8, 4) is 0 Å². The van der Waals surface area contributed by atoms with Crippen LogP contribution in [0.2, 0.25) is 0 Å². The van der Waals surface area contributed by atoms with Gasteiger partial charge in [0, 0.05) is 26.1 Å². The van der Waals surface area contributed by atoms with Gasteiger partial charge in [-0.15, -0.1) is 0 Å². The molecule has 2 aliphatic rings. The van der Waals surface area contributed by atoms with E-state index in [-0.39, 0.29) is 18.6 Å². The molecule has 9 heteroatoms. The number of ether oxygens (including phenoxy) is 3. The van der Waals surface area contributed by atoms with Crippen molar-refractivity contribution in [2.24, 2.45) is 0 Å². The minimum Gasteiger partial charge on any atom is -0.481 e. The van der Waals surface area contributed by atoms with Crippen molar-refractivity contribution in [1.82, 2.24) is 5.32 Å². The van der Waals surface area contributed by atoms with Crippen LogP contribution >= 0.6 is 0 Å². The predicted molar refractivity (Wildman–Crippen MR) is 85.9 cm³/mol. The molecule has 0 aliphatic carbocycles. The van der Waals surface area contributed by atoms with E-state index in [1.54, 1.807) is 6.92 Å². The smallest absolute Gasteiger partial charge is 0.303 e. The molecule has 0 spiro atoms. The predicted octanol–water partition coefficient (Wildman–Crippen LogP) is -1.17. The molecule has 25 heavy (non-hydrogen) atoms. The fourth-order valence-corrected chi connectivity index (χ4v) is 3.02. The molecule has 0 amide bonds. The van der Waals surface area contributed by atoms with Gasteiger partial charge in [-0.05, 0) is 19.8 Å². The van der Waals surface area contributed by atoms with Crippen LogP contribution in [0.5, 0.6) is 0 Å². The maximum absolute atomic E-state index is 10.4. The zero-order chi connectivity index (χ0) is 18.4. The van der Waals surface area contributed by atoms with Gasteiger partial charge in [0.2, 0.25) is 0 Å². The first-order valence-corrected chi connectivity index (χ1v) is 8.79. The number of aliphatic hydroxyl groups is 3. The van der Waals surface area contributed by atoms with Crippen molar-refractivity contribution in [2.75, 3.05) is 19.7 Å². The van der Waals surface area contributed by atoms with Crippen molar-refractivity contribution in [3.05, 3.63) is 0 Å². The summed E-state index contributed by atoms with van der Waals surface area (Å²) in [6.07, 6.45) is -3.70. The SMILES string of the molecule is C[C@@H]1O[C@@H](O[C@@H]2CNC[C@H]2OCCCCCC(=O)O)[C@@H](O)[C@H](O)[C@@H]1O. The van der Waals surface area contributed by atoms with Gasteiger partial charge >= 0.3 is 5.97 Å². The summed E-state index contributed by atoms with van der Waals surface area (Å²) in [6, 6.07) is 0. The highest BCUT2D eigenvalue weighted by Crippen LogP contribution is 2.24. The van der Waals surface area contributed by atoms with Crippen molar-refractivity contribution in [2.45, 2.75) is 75.5 Å². The van der Waals surface area contributed by atoms with Gasteiger partial charge in [-0.2, -0.15) is 0 Å². The van der Waals surface area contributed by atoms with Gasteiger partial charge in [-0.3, -0.25) is 4.79 Å². The largest absolute Gasteiger partial charge is 0.481 e. The second-order valence-electron chi connectivity index (χ2n) is 6.63. The molecule has 2 rings (SSSR count). The van der Waals surface area contributed by atoms with E-state index in [4.69, 9.17) is 19.3 Å². The van der Waals surface area contributed by atoms with Gasteiger partial charge in [0.05, 0.1) is 12.2 Å². The Morgan fingerprint density at radius 2 is 1.80 bits per heavy atom. The highest BCUT2D eigenvalue weighted by molar-refractivity contribution is 5.66. The number of hydrogen-bond acceptors (Lipinski definition) is 8. The molecule has 0 aromatic carbocycles. The molecule has 0 bridgehead atoms. The molecule has 9 nitrogen and oxygen atoms in total. The molecule has 0 radical (unpaired) electrons. The zero-order valence-electron chi connectivity index (χ0n) is 14.4. The van der Waals surface area contributed by atoms with E-state index in [0.29, 0.717) is 26.1 Å². The number of carboxylic acid groups (broad SMARTS) is 1. The van der Waals surface area contributed by atoms with Crippen LogP contribution < -0.4 is 5.32 Å². The molecule has 5 N–H and O–H groups in total. The van der Waals surface area contributed by atoms with Crippen LogP contribution in [-0.4, -0.2) is 89.0 Å². The lowest BCUT2D eigenvalue weighted by Gasteiger charge is -2.40. The first-order valence-electron chi connectivity index (χ1n) is 8.79. The van der Waals surface area contributed by atoms with E-state index in [2.05, 4.69) is 5.32 Å². The molecule has 7 atom stereocenters. The Morgan fingerprint density at radius 1 is 1.08 bits per heavy atom. The lowest BCUT2D eigenvalue weighted by atomic mass is 10.00. The summed E-state index contributed by atoms with van der Waals surface area (Å²) < 4.78 is 17.0. The van der Waals surface area contributed by atoms with Gasteiger partial charge in [-0.25, -0.2) is 0 Å². The summed E-state index contributed by atoms with van der Waals surface area (Å²) in [5, 5.41) is 41.3. The first-order chi connectivity index (χ1) is 11.9. The van der Waals surface area contributed by atoms with Crippen LogP contribution in [0.4, 0.5) is 0 Å². The second kappa shape index (κ2) is 9.77. The van der Waals surface area contributed by atoms with E-state index in [1.165, 1.54) is 0 Å². The molecular weight excluding hydrogens is 334 g/mol. The maximum atomic E-state index is 10.4. The number of nitrogens with one attached hydrogen (secondary N) is 1. The monoisotopic (exact) mass is 363 g/mol. The van der Waals surface area contributed by atoms with Gasteiger partial charge in [0.15, 0.2) is 6.29 Å². The first kappa shape index (κ1) is 20.5. The minimum absolute atomic E-state index is 0.167. The van der Waals surface area contributed by atoms with Crippen molar-refractivity contribution < 1.29 is 39.4 Å². The summed E-state index contributed by atoms with van der Waals surface area (Å²) >= 11 is 0. The maximum Gasteiger partial charge on any atom is 0.303 e. The van der Waals surface area contributed by atoms with Crippen LogP contribution in [0, 0.1) is 0 Å². The highest BCUT2D eigenvalue weighted by atomic mass is 16.7. The van der Waals surface area contributed by atoms with E-state index < -0.39 is 36.7 Å². The van der Waals surface area contributed by atoms with Crippen molar-refractivity contribution in [3.63, 3.8) is 0 Å². The number of aliphatic hydroxyl groups excluding tert-OH is 3. The third-order valence-electron chi connectivity index (χ3n) is 4.59. The average molecular weight is 363 g/mol. The molecule has 2 heterocycles. The number of rotatable bonds is 9. The average Bonchev–Trinajstić information content (AvgIpc) is 3.00. The van der Waals surface area contributed by atoms with Crippen LogP contribution in [0.1, 0.15) is 32.6 Å². The standard InChI is InChI=1S/C16H29NO8/c1-9-13(20)14(21)15(22)16(24-9)25-11-8-17-7-10(11)23-6-4-2-3-5-12(18)19/h9-11,13-17,20-22H,2-8H2,1H3,(H,18,19)/t9-,10+,11+,13+,14+,15-,16-/m0/s1. The summed E-state index contributed by atoms with van der Waals surface area (Å²) in [5.41, 5.74) is 0. The van der Waals surface area contributed by atoms with Crippen LogP contribution in [0.3, 0.4) is 0 Å². The minimum atomic E-state index is -1.33. The molecule has 146 valence electrons. The van der Waals surface area contributed by atoms with Gasteiger partial charge in [0.1, 0.15) is 24.4 Å². The van der Waals surface area contributed by atoms with E-state index in [0.717, 1.165) is 12.8 Å². The number of carboxylic acids is 1. The molecular formula is C16H29NO8. The Kier molecular flexibility index (Phi) is 8.01. The van der Waals surface area contributed by atoms with E-state index in [1.807, 2.05) is 0 Å². The van der Waals surface area contributed by atoms with E-state index in [9.17, 15) is 20.1 Å². The molecule has 2 saturated heterocycles. The molecule has 0 unspecified atom stereocenters. The molecule has 2 aliphatic heterocycles. The Morgan fingerprint density at radius 3 is 2.52 bits per heavy atom. The van der Waals surface area contributed by atoms with E-state index >= 15 is 0 Å². The summed E-state index contributed by atoms with van der Waals surface area (Å²) in [5.74, 6) is -0.790. The fraction of sp³-hybridized carbons (Fsp3) is 0.938. The zero-order valence-corrected chi connectivity index (χ0v) is 14.4. The summed E-state index contributed by atoms with van der Waals surface area (Å²) in [4.78, 5) is 10.4. The molecule has 0 aromatic rings. The van der Waals surface area contributed by atoms with Crippen molar-refractivity contribution >= 4 is 5.97 Å². The highest BCUT2D eigenvalue weighted by Gasteiger charge is 2.44. The molecule has 2 fully saturated rings. The molecule has 0 aromatic heterocycles. The lowest BCUT2D eigenvalue weighted by molar-refractivity contribution is -0.307. The Bertz CT molecular complexity index is 423. The topological polar surface area (TPSA) is 138 Å². The second-order valence-corrected chi connectivity index (χ2v) is 6.63. The van der Waals surface area contributed by atoms with Gasteiger partial charge < -0.3 is 40.0 Å². The Labute approximate surface area is 146 Å². The van der Waals surface area contributed by atoms with Gasteiger partial charge in [-0.1, -0.05) is 6.42 Å². The lowest BCUT2D eigenvalue weighted by Crippen LogP contribution is -2.58. The number of hydrogen-bond donors (Lipinski definition) is 5.